The van der Waals surface area contributed by atoms with Crippen LogP contribution in [0.2, 0.25) is 13.1 Å². The zero-order chi connectivity index (χ0) is 10.6. The van der Waals surface area contributed by atoms with Crippen molar-refractivity contribution in [2.75, 3.05) is 0 Å². The zero-order valence-electron chi connectivity index (χ0n) is 9.13. The Kier molecular flexibility index (Phi) is 3.95. The molecule has 0 bridgehead atoms. The molecule has 0 N–H and O–H groups in total. The molecular formula is C12H17OSi. The number of benzene rings is 1. The van der Waals surface area contributed by atoms with Crippen molar-refractivity contribution in [2.24, 2.45) is 0 Å². The molecule has 0 aliphatic carbocycles. The first-order valence-corrected chi connectivity index (χ1v) is 7.32. The van der Waals surface area contributed by atoms with E-state index in [4.69, 9.17) is 4.43 Å². The molecule has 1 aromatic carbocycles. The highest BCUT2D eigenvalue weighted by atomic mass is 28.3. The summed E-state index contributed by atoms with van der Waals surface area (Å²) in [6.07, 6.45) is 2.89. The van der Waals surface area contributed by atoms with E-state index in [0.29, 0.717) is 0 Å². The SMILES string of the molecule is C=Cc1cccc(O[Si](C)C)c1CC. The van der Waals surface area contributed by atoms with E-state index in [1.165, 1.54) is 11.1 Å². The molecule has 0 atom stereocenters. The standard InChI is InChI=1S/C12H17OSi/c1-5-10-8-7-9-12(11(10)6-2)13-14(3)4/h5,7-9H,1,6H2,2-4H3. The average molecular weight is 205 g/mol. The van der Waals surface area contributed by atoms with Gasteiger partial charge in [-0.3, -0.25) is 0 Å². The van der Waals surface area contributed by atoms with Crippen LogP contribution in [0.5, 0.6) is 5.75 Å². The van der Waals surface area contributed by atoms with Crippen molar-refractivity contribution in [3.8, 4) is 5.75 Å². The molecule has 14 heavy (non-hydrogen) atoms. The molecule has 0 spiro atoms. The van der Waals surface area contributed by atoms with Crippen LogP contribution < -0.4 is 4.43 Å². The summed E-state index contributed by atoms with van der Waals surface area (Å²) in [5.41, 5.74) is 2.46. The van der Waals surface area contributed by atoms with Gasteiger partial charge in [0.15, 0.2) is 0 Å². The maximum Gasteiger partial charge on any atom is 0.274 e. The second-order valence-corrected chi connectivity index (χ2v) is 5.41. The van der Waals surface area contributed by atoms with Gasteiger partial charge in [0, 0.05) is 0 Å². The molecule has 0 aliphatic rings. The highest BCUT2D eigenvalue weighted by Gasteiger charge is 2.07. The lowest BCUT2D eigenvalue weighted by Crippen LogP contribution is -2.12. The van der Waals surface area contributed by atoms with E-state index >= 15 is 0 Å². The van der Waals surface area contributed by atoms with Gasteiger partial charge in [-0.05, 0) is 36.7 Å². The Labute approximate surface area is 88.1 Å². The summed E-state index contributed by atoms with van der Waals surface area (Å²) < 4.78 is 5.83. The lowest BCUT2D eigenvalue weighted by Gasteiger charge is -2.14. The fraction of sp³-hybridized carbons (Fsp3) is 0.333. The normalized spacial score (nSPS) is 10.3. The maximum absolute atomic E-state index is 5.83. The Bertz CT molecular complexity index is 318. The summed E-state index contributed by atoms with van der Waals surface area (Å²) in [7, 11) is -0.678. The molecule has 0 heterocycles. The van der Waals surface area contributed by atoms with Crippen molar-refractivity contribution in [3.05, 3.63) is 35.9 Å². The minimum absolute atomic E-state index is 0.678. The fourth-order valence-corrected chi connectivity index (χ4v) is 2.10. The van der Waals surface area contributed by atoms with E-state index in [9.17, 15) is 0 Å². The first kappa shape index (κ1) is 11.1. The van der Waals surface area contributed by atoms with Crippen molar-refractivity contribution < 1.29 is 4.43 Å². The van der Waals surface area contributed by atoms with Gasteiger partial charge in [0.1, 0.15) is 5.75 Å². The van der Waals surface area contributed by atoms with E-state index in [2.05, 4.69) is 32.7 Å². The summed E-state index contributed by atoms with van der Waals surface area (Å²) >= 11 is 0. The van der Waals surface area contributed by atoms with Crippen LogP contribution in [0.15, 0.2) is 24.8 Å². The van der Waals surface area contributed by atoms with E-state index in [-0.39, 0.29) is 0 Å². The fourth-order valence-electron chi connectivity index (χ4n) is 1.47. The van der Waals surface area contributed by atoms with Gasteiger partial charge < -0.3 is 4.43 Å². The van der Waals surface area contributed by atoms with Gasteiger partial charge >= 0.3 is 0 Å². The molecule has 0 fully saturated rings. The third-order valence-corrected chi connectivity index (χ3v) is 2.68. The van der Waals surface area contributed by atoms with Crippen LogP contribution in [0.1, 0.15) is 18.1 Å². The lowest BCUT2D eigenvalue weighted by atomic mass is 10.0. The summed E-state index contributed by atoms with van der Waals surface area (Å²) in [5, 5.41) is 0. The molecule has 0 aliphatic heterocycles. The van der Waals surface area contributed by atoms with E-state index in [1.807, 2.05) is 18.2 Å². The van der Waals surface area contributed by atoms with Crippen LogP contribution in [0, 0.1) is 0 Å². The predicted molar refractivity (Wildman–Crippen MR) is 64.0 cm³/mol. The summed E-state index contributed by atoms with van der Waals surface area (Å²) in [6.45, 7) is 10.2. The molecular weight excluding hydrogens is 188 g/mol. The first-order valence-electron chi connectivity index (χ1n) is 4.91. The van der Waals surface area contributed by atoms with Crippen molar-refractivity contribution in [1.29, 1.82) is 0 Å². The largest absolute Gasteiger partial charge is 0.542 e. The highest BCUT2D eigenvalue weighted by Crippen LogP contribution is 2.24. The van der Waals surface area contributed by atoms with Gasteiger partial charge in [0.25, 0.3) is 9.04 Å². The van der Waals surface area contributed by atoms with Crippen LogP contribution in [0.4, 0.5) is 0 Å². The maximum atomic E-state index is 5.83. The van der Waals surface area contributed by atoms with E-state index in [1.54, 1.807) is 0 Å². The Morgan fingerprint density at radius 1 is 1.43 bits per heavy atom. The number of rotatable bonds is 4. The topological polar surface area (TPSA) is 9.23 Å². The Morgan fingerprint density at radius 3 is 2.64 bits per heavy atom. The molecule has 1 radical (unpaired) electrons. The van der Waals surface area contributed by atoms with Crippen molar-refractivity contribution >= 4 is 15.1 Å². The number of hydrogen-bond donors (Lipinski definition) is 0. The molecule has 0 amide bonds. The minimum atomic E-state index is -0.678. The van der Waals surface area contributed by atoms with E-state index in [0.717, 1.165) is 12.2 Å². The van der Waals surface area contributed by atoms with Crippen LogP contribution >= 0.6 is 0 Å². The molecule has 2 heteroatoms. The van der Waals surface area contributed by atoms with Gasteiger partial charge in [0.05, 0.1) is 0 Å². The van der Waals surface area contributed by atoms with Crippen LogP contribution in [0.25, 0.3) is 6.08 Å². The van der Waals surface area contributed by atoms with Crippen molar-refractivity contribution in [1.82, 2.24) is 0 Å². The lowest BCUT2D eigenvalue weighted by molar-refractivity contribution is 0.572. The minimum Gasteiger partial charge on any atom is -0.542 e. The molecule has 75 valence electrons. The van der Waals surface area contributed by atoms with Crippen LogP contribution in [0.3, 0.4) is 0 Å². The second kappa shape index (κ2) is 5.01. The molecule has 0 aromatic heterocycles. The first-order chi connectivity index (χ1) is 6.69. The summed E-state index contributed by atoms with van der Waals surface area (Å²) in [5.74, 6) is 1.03. The van der Waals surface area contributed by atoms with E-state index < -0.39 is 9.04 Å². The highest BCUT2D eigenvalue weighted by molar-refractivity contribution is 6.49. The van der Waals surface area contributed by atoms with Gasteiger partial charge in [-0.2, -0.15) is 0 Å². The third-order valence-electron chi connectivity index (χ3n) is 2.06. The molecule has 0 unspecified atom stereocenters. The van der Waals surface area contributed by atoms with Crippen molar-refractivity contribution in [3.63, 3.8) is 0 Å². The quantitative estimate of drug-likeness (QED) is 0.683. The Morgan fingerprint density at radius 2 is 2.14 bits per heavy atom. The van der Waals surface area contributed by atoms with Crippen LogP contribution in [-0.2, 0) is 6.42 Å². The zero-order valence-corrected chi connectivity index (χ0v) is 10.1. The van der Waals surface area contributed by atoms with Gasteiger partial charge in [0.2, 0.25) is 0 Å². The predicted octanol–water partition coefficient (Wildman–Crippen LogP) is 3.52. The van der Waals surface area contributed by atoms with Gasteiger partial charge in [-0.1, -0.05) is 31.7 Å². The smallest absolute Gasteiger partial charge is 0.274 e. The van der Waals surface area contributed by atoms with Crippen LogP contribution in [-0.4, -0.2) is 9.04 Å². The second-order valence-electron chi connectivity index (χ2n) is 3.39. The molecule has 1 aromatic rings. The Balaban J connectivity index is 3.08. The molecule has 0 saturated heterocycles. The summed E-state index contributed by atoms with van der Waals surface area (Å²) in [6, 6.07) is 6.15. The molecule has 0 saturated carbocycles. The van der Waals surface area contributed by atoms with Gasteiger partial charge in [-0.15, -0.1) is 0 Å². The summed E-state index contributed by atoms with van der Waals surface area (Å²) in [4.78, 5) is 0. The number of hydrogen-bond acceptors (Lipinski definition) is 1. The van der Waals surface area contributed by atoms with Gasteiger partial charge in [-0.25, -0.2) is 0 Å². The third kappa shape index (κ3) is 2.48. The average Bonchev–Trinajstić information content (AvgIpc) is 2.16. The van der Waals surface area contributed by atoms with Crippen molar-refractivity contribution in [2.45, 2.75) is 26.4 Å². The molecule has 1 rings (SSSR count). The Hall–Kier alpha value is -1.02. The molecule has 1 nitrogen and oxygen atoms in total. The monoisotopic (exact) mass is 205 g/mol.